The van der Waals surface area contributed by atoms with E-state index in [9.17, 15) is 9.59 Å². The number of hydrogen-bond donors (Lipinski definition) is 3. The smallest absolute Gasteiger partial charge is 0.315 e. The number of carbonyl (C=O) groups is 2. The third kappa shape index (κ3) is 3.73. The molecule has 120 valence electrons. The van der Waals surface area contributed by atoms with Gasteiger partial charge in [-0.15, -0.1) is 11.3 Å². The van der Waals surface area contributed by atoms with E-state index in [1.165, 1.54) is 11.3 Å². The quantitative estimate of drug-likeness (QED) is 0.547. The van der Waals surface area contributed by atoms with Gasteiger partial charge in [-0.2, -0.15) is 11.8 Å². The zero-order valence-electron chi connectivity index (χ0n) is 12.4. The first kappa shape index (κ1) is 15.6. The van der Waals surface area contributed by atoms with Gasteiger partial charge in [0.2, 0.25) is 5.91 Å². The first-order chi connectivity index (χ1) is 10.6. The van der Waals surface area contributed by atoms with E-state index in [1.54, 1.807) is 6.20 Å². The maximum absolute atomic E-state index is 11.8. The lowest BCUT2D eigenvalue weighted by Gasteiger charge is -2.16. The lowest BCUT2D eigenvalue weighted by molar-refractivity contribution is -0.116. The highest BCUT2D eigenvalue weighted by atomic mass is 32.2. The summed E-state index contributed by atoms with van der Waals surface area (Å²) in [7, 11) is 0. The Balaban J connectivity index is 1.34. The van der Waals surface area contributed by atoms with Gasteiger partial charge in [0.1, 0.15) is 0 Å². The second-order valence-corrected chi connectivity index (χ2v) is 8.20. The maximum atomic E-state index is 11.8. The molecule has 0 aliphatic carbocycles. The number of rotatable bonds is 6. The summed E-state index contributed by atoms with van der Waals surface area (Å²) in [6, 6.07) is 0.488. The highest BCUT2D eigenvalue weighted by molar-refractivity contribution is 8.00. The van der Waals surface area contributed by atoms with Crippen molar-refractivity contribution in [2.24, 2.45) is 0 Å². The first-order valence-corrected chi connectivity index (χ1v) is 9.39. The molecule has 0 unspecified atom stereocenters. The SMILES string of the molecule is Cc1cnc(NC(=O)CCCC[C@@H]2SC[C@H]3NC(=O)N[C@H]23)s1. The molecule has 8 heteroatoms. The lowest BCUT2D eigenvalue weighted by Crippen LogP contribution is -2.36. The number of nitrogens with zero attached hydrogens (tertiary/aromatic N) is 1. The van der Waals surface area contributed by atoms with Crippen molar-refractivity contribution in [1.29, 1.82) is 0 Å². The topological polar surface area (TPSA) is 83.1 Å². The highest BCUT2D eigenvalue weighted by Crippen LogP contribution is 2.33. The van der Waals surface area contributed by atoms with Crippen molar-refractivity contribution in [2.45, 2.75) is 49.9 Å². The van der Waals surface area contributed by atoms with Gasteiger partial charge in [-0.05, 0) is 19.8 Å². The standard InChI is InChI=1S/C14H20N4O2S2/c1-8-6-15-14(22-8)17-11(19)5-3-2-4-10-12-9(7-21-10)16-13(20)18-12/h6,9-10,12H,2-5,7H2,1H3,(H,15,17,19)(H2,16,18,20)/t9-,10+,12+/m1/s1. The molecule has 22 heavy (non-hydrogen) atoms. The summed E-state index contributed by atoms with van der Waals surface area (Å²) in [5.41, 5.74) is 0. The number of unbranched alkanes of at least 4 members (excludes halogenated alkanes) is 1. The van der Waals surface area contributed by atoms with Crippen molar-refractivity contribution in [3.05, 3.63) is 11.1 Å². The predicted molar refractivity (Wildman–Crippen MR) is 89.4 cm³/mol. The van der Waals surface area contributed by atoms with Crippen LogP contribution in [0.15, 0.2) is 6.20 Å². The van der Waals surface area contributed by atoms with Crippen LogP contribution in [0.3, 0.4) is 0 Å². The molecule has 3 amide bonds. The van der Waals surface area contributed by atoms with E-state index in [0.717, 1.165) is 29.9 Å². The highest BCUT2D eigenvalue weighted by Gasteiger charge is 2.42. The molecule has 0 aromatic carbocycles. The molecule has 2 saturated heterocycles. The molecule has 2 aliphatic rings. The Bertz CT molecular complexity index is 563. The number of anilines is 1. The number of amides is 3. The number of hydrogen-bond acceptors (Lipinski definition) is 5. The Kier molecular flexibility index (Phi) is 4.87. The summed E-state index contributed by atoms with van der Waals surface area (Å²) in [4.78, 5) is 28.4. The fourth-order valence-electron chi connectivity index (χ4n) is 2.87. The van der Waals surface area contributed by atoms with Gasteiger partial charge in [-0.3, -0.25) is 4.79 Å². The molecular formula is C14H20N4O2S2. The van der Waals surface area contributed by atoms with Gasteiger partial charge in [-0.1, -0.05) is 6.42 Å². The minimum atomic E-state index is -0.0431. The van der Waals surface area contributed by atoms with Crippen LogP contribution in [-0.4, -0.2) is 40.0 Å². The van der Waals surface area contributed by atoms with E-state index < -0.39 is 0 Å². The Morgan fingerprint density at radius 3 is 3.09 bits per heavy atom. The summed E-state index contributed by atoms with van der Waals surface area (Å²) < 4.78 is 0. The summed E-state index contributed by atoms with van der Waals surface area (Å²) in [5, 5.41) is 9.91. The number of urea groups is 1. The Labute approximate surface area is 137 Å². The summed E-state index contributed by atoms with van der Waals surface area (Å²) in [5.74, 6) is 1.01. The van der Waals surface area contributed by atoms with Crippen molar-refractivity contribution in [1.82, 2.24) is 15.6 Å². The summed E-state index contributed by atoms with van der Waals surface area (Å²) in [6.07, 6.45) is 5.19. The molecule has 3 heterocycles. The van der Waals surface area contributed by atoms with Gasteiger partial charge in [0, 0.05) is 28.5 Å². The third-order valence-corrected chi connectivity index (χ3v) is 6.29. The zero-order valence-corrected chi connectivity index (χ0v) is 14.1. The number of fused-ring (bicyclic) bond motifs is 1. The monoisotopic (exact) mass is 340 g/mol. The molecule has 0 bridgehead atoms. The van der Waals surface area contributed by atoms with E-state index in [-0.39, 0.29) is 24.0 Å². The van der Waals surface area contributed by atoms with Crippen molar-refractivity contribution in [2.75, 3.05) is 11.1 Å². The van der Waals surface area contributed by atoms with Crippen LogP contribution in [0.4, 0.5) is 9.93 Å². The van der Waals surface area contributed by atoms with Crippen LogP contribution < -0.4 is 16.0 Å². The van der Waals surface area contributed by atoms with Gasteiger partial charge in [0.25, 0.3) is 0 Å². The Hall–Kier alpha value is -1.28. The number of thioether (sulfide) groups is 1. The van der Waals surface area contributed by atoms with Crippen LogP contribution >= 0.6 is 23.1 Å². The van der Waals surface area contributed by atoms with Gasteiger partial charge in [-0.25, -0.2) is 9.78 Å². The predicted octanol–water partition coefficient (Wildman–Crippen LogP) is 2.12. The molecule has 2 aliphatic heterocycles. The number of aryl methyl sites for hydroxylation is 1. The van der Waals surface area contributed by atoms with Gasteiger partial charge < -0.3 is 16.0 Å². The molecule has 2 fully saturated rings. The van der Waals surface area contributed by atoms with Crippen LogP contribution in [0.2, 0.25) is 0 Å². The van der Waals surface area contributed by atoms with Crippen LogP contribution in [0, 0.1) is 6.92 Å². The van der Waals surface area contributed by atoms with Gasteiger partial charge in [0.05, 0.1) is 12.1 Å². The second-order valence-electron chi connectivity index (χ2n) is 5.69. The van der Waals surface area contributed by atoms with Crippen molar-refractivity contribution in [3.8, 4) is 0 Å². The molecule has 6 nitrogen and oxygen atoms in total. The van der Waals surface area contributed by atoms with E-state index in [0.29, 0.717) is 16.8 Å². The lowest BCUT2D eigenvalue weighted by atomic mass is 10.0. The fraction of sp³-hybridized carbons (Fsp3) is 0.643. The minimum Gasteiger partial charge on any atom is -0.332 e. The Morgan fingerprint density at radius 1 is 1.45 bits per heavy atom. The molecular weight excluding hydrogens is 320 g/mol. The number of thiazole rings is 1. The molecule has 0 saturated carbocycles. The van der Waals surface area contributed by atoms with Crippen molar-refractivity contribution < 1.29 is 9.59 Å². The third-order valence-electron chi connectivity index (χ3n) is 3.95. The van der Waals surface area contributed by atoms with Crippen LogP contribution in [0.5, 0.6) is 0 Å². The first-order valence-electron chi connectivity index (χ1n) is 7.53. The van der Waals surface area contributed by atoms with Crippen LogP contribution in [-0.2, 0) is 4.79 Å². The Morgan fingerprint density at radius 2 is 2.32 bits per heavy atom. The minimum absolute atomic E-state index is 0.0298. The van der Waals surface area contributed by atoms with E-state index in [1.807, 2.05) is 18.7 Å². The van der Waals surface area contributed by atoms with Gasteiger partial charge >= 0.3 is 6.03 Å². The normalized spacial score (nSPS) is 26.4. The molecule has 1 aromatic rings. The molecule has 1 aromatic heterocycles. The van der Waals surface area contributed by atoms with Crippen molar-refractivity contribution >= 4 is 40.2 Å². The average molecular weight is 340 g/mol. The van der Waals surface area contributed by atoms with Gasteiger partial charge in [0.15, 0.2) is 5.13 Å². The summed E-state index contributed by atoms with van der Waals surface area (Å²) in [6.45, 7) is 1.97. The molecule has 3 atom stereocenters. The van der Waals surface area contributed by atoms with E-state index in [2.05, 4.69) is 20.9 Å². The molecule has 3 N–H and O–H groups in total. The molecule has 0 radical (unpaired) electrons. The van der Waals surface area contributed by atoms with E-state index in [4.69, 9.17) is 0 Å². The number of carbonyl (C=O) groups excluding carboxylic acids is 2. The van der Waals surface area contributed by atoms with Crippen LogP contribution in [0.25, 0.3) is 0 Å². The van der Waals surface area contributed by atoms with E-state index >= 15 is 0 Å². The largest absolute Gasteiger partial charge is 0.332 e. The molecule has 3 rings (SSSR count). The van der Waals surface area contributed by atoms with Crippen molar-refractivity contribution in [3.63, 3.8) is 0 Å². The van der Waals surface area contributed by atoms with Crippen LogP contribution in [0.1, 0.15) is 30.6 Å². The number of aromatic nitrogens is 1. The summed E-state index contributed by atoms with van der Waals surface area (Å²) >= 11 is 3.41. The maximum Gasteiger partial charge on any atom is 0.315 e. The number of nitrogens with one attached hydrogen (secondary N) is 3. The average Bonchev–Trinajstić information content (AvgIpc) is 3.12. The zero-order chi connectivity index (χ0) is 15.5. The second kappa shape index (κ2) is 6.87. The fourth-order valence-corrected chi connectivity index (χ4v) is 5.09. The molecule has 0 spiro atoms.